The minimum atomic E-state index is -0.190. The Morgan fingerprint density at radius 2 is 2.14 bits per heavy atom. The van der Waals surface area contributed by atoms with Gasteiger partial charge < -0.3 is 10.1 Å². The van der Waals surface area contributed by atoms with Crippen molar-refractivity contribution in [2.24, 2.45) is 20.0 Å². The van der Waals surface area contributed by atoms with E-state index in [0.717, 1.165) is 23.2 Å². The fraction of sp³-hybridized carbons (Fsp3) is 0.400. The monoisotopic (exact) mass is 380 g/mol. The molecule has 0 bridgehead atoms. The summed E-state index contributed by atoms with van der Waals surface area (Å²) in [5, 5.41) is 11.5. The molecule has 1 aliphatic carbocycles. The van der Waals surface area contributed by atoms with E-state index in [1.54, 1.807) is 24.0 Å². The topological polar surface area (TPSA) is 86.9 Å². The Balaban J connectivity index is 1.37. The van der Waals surface area contributed by atoms with Crippen LogP contribution in [0.3, 0.4) is 0 Å². The summed E-state index contributed by atoms with van der Waals surface area (Å²) in [7, 11) is 3.48. The van der Waals surface area contributed by atoms with Gasteiger partial charge in [0.25, 0.3) is 5.56 Å². The van der Waals surface area contributed by atoms with Crippen LogP contribution in [0.1, 0.15) is 29.2 Å². The first kappa shape index (κ1) is 18.2. The standard InChI is InChI=1S/C20H24N6O2/c1-13-4-5-17(21-8-13)16-6-15(16)12-28-19-7-18(20(27)26(3)24-19)22-9-14-10-23-25(2)11-14/h4-5,7-8,10-11,15-16,22H,6,9,12H2,1-3H3. The van der Waals surface area contributed by atoms with Crippen LogP contribution in [0, 0.1) is 12.8 Å². The van der Waals surface area contributed by atoms with Crippen LogP contribution in [-0.4, -0.2) is 31.2 Å². The van der Waals surface area contributed by atoms with Crippen LogP contribution in [0.15, 0.2) is 41.6 Å². The molecule has 0 amide bonds. The molecule has 0 saturated heterocycles. The van der Waals surface area contributed by atoms with Crippen LogP contribution >= 0.6 is 0 Å². The van der Waals surface area contributed by atoms with Crippen LogP contribution in [-0.2, 0) is 20.6 Å². The van der Waals surface area contributed by atoms with E-state index in [1.165, 1.54) is 4.68 Å². The molecule has 0 spiro atoms. The van der Waals surface area contributed by atoms with Gasteiger partial charge in [-0.15, -0.1) is 5.10 Å². The van der Waals surface area contributed by atoms with Gasteiger partial charge in [-0.1, -0.05) is 6.07 Å². The molecule has 8 nitrogen and oxygen atoms in total. The van der Waals surface area contributed by atoms with Crippen LogP contribution in [0.4, 0.5) is 5.69 Å². The predicted octanol–water partition coefficient (Wildman–Crippen LogP) is 2.01. The number of aromatic nitrogens is 5. The Labute approximate surface area is 163 Å². The molecule has 0 radical (unpaired) electrons. The zero-order chi connectivity index (χ0) is 19.7. The SMILES string of the molecule is Cc1ccc(C2CC2COc2cc(NCc3cnn(C)c3)c(=O)n(C)n2)nc1. The summed E-state index contributed by atoms with van der Waals surface area (Å²) in [4.78, 5) is 16.8. The summed E-state index contributed by atoms with van der Waals surface area (Å²) in [5.41, 5.74) is 3.55. The smallest absolute Gasteiger partial charge is 0.290 e. The third-order valence-electron chi connectivity index (χ3n) is 4.96. The highest BCUT2D eigenvalue weighted by molar-refractivity contribution is 5.43. The minimum Gasteiger partial charge on any atom is -0.476 e. The van der Waals surface area contributed by atoms with Crippen LogP contribution in [0.25, 0.3) is 0 Å². The van der Waals surface area contributed by atoms with Crippen molar-refractivity contribution in [2.75, 3.05) is 11.9 Å². The maximum absolute atomic E-state index is 12.3. The lowest BCUT2D eigenvalue weighted by molar-refractivity contribution is 0.278. The molecule has 0 aliphatic heterocycles. The highest BCUT2D eigenvalue weighted by Gasteiger charge is 2.40. The molecular weight excluding hydrogens is 356 g/mol. The molecule has 3 heterocycles. The van der Waals surface area contributed by atoms with Gasteiger partial charge in [0, 0.05) is 62.2 Å². The van der Waals surface area contributed by atoms with E-state index in [4.69, 9.17) is 4.74 Å². The number of ether oxygens (including phenoxy) is 1. The number of nitrogens with zero attached hydrogens (tertiary/aromatic N) is 5. The van der Waals surface area contributed by atoms with Gasteiger partial charge in [0.05, 0.1) is 12.8 Å². The summed E-state index contributed by atoms with van der Waals surface area (Å²) in [6, 6.07) is 5.85. The minimum absolute atomic E-state index is 0.190. The molecule has 3 aromatic heterocycles. The Morgan fingerprint density at radius 3 is 2.86 bits per heavy atom. The molecule has 146 valence electrons. The summed E-state index contributed by atoms with van der Waals surface area (Å²) in [5.74, 6) is 1.32. The number of anilines is 1. The van der Waals surface area contributed by atoms with Crippen molar-refractivity contribution < 1.29 is 4.74 Å². The van der Waals surface area contributed by atoms with Crippen molar-refractivity contribution in [3.05, 3.63) is 64.0 Å². The molecular formula is C20H24N6O2. The largest absolute Gasteiger partial charge is 0.476 e. The number of aryl methyl sites for hydroxylation is 3. The highest BCUT2D eigenvalue weighted by Crippen LogP contribution is 2.46. The number of hydrogen-bond donors (Lipinski definition) is 1. The molecule has 2 unspecified atom stereocenters. The first-order chi connectivity index (χ1) is 13.5. The van der Waals surface area contributed by atoms with E-state index in [9.17, 15) is 4.79 Å². The van der Waals surface area contributed by atoms with Gasteiger partial charge in [0.1, 0.15) is 5.69 Å². The second-order valence-electron chi connectivity index (χ2n) is 7.37. The first-order valence-corrected chi connectivity index (χ1v) is 9.34. The lowest BCUT2D eigenvalue weighted by Crippen LogP contribution is -2.24. The number of nitrogens with one attached hydrogen (secondary N) is 1. The van der Waals surface area contributed by atoms with Gasteiger partial charge in [-0.25, -0.2) is 4.68 Å². The molecule has 28 heavy (non-hydrogen) atoms. The average molecular weight is 380 g/mol. The lowest BCUT2D eigenvalue weighted by atomic mass is 10.2. The maximum atomic E-state index is 12.3. The fourth-order valence-electron chi connectivity index (χ4n) is 3.22. The number of rotatable bonds is 7. The second kappa shape index (κ2) is 7.46. The highest BCUT2D eigenvalue weighted by atomic mass is 16.5. The Kier molecular flexibility index (Phi) is 4.85. The van der Waals surface area contributed by atoms with E-state index >= 15 is 0 Å². The zero-order valence-electron chi connectivity index (χ0n) is 16.3. The maximum Gasteiger partial charge on any atom is 0.290 e. The molecule has 1 saturated carbocycles. The van der Waals surface area contributed by atoms with Crippen molar-refractivity contribution in [2.45, 2.75) is 25.8 Å². The third kappa shape index (κ3) is 4.05. The quantitative estimate of drug-likeness (QED) is 0.675. The number of hydrogen-bond acceptors (Lipinski definition) is 6. The zero-order valence-corrected chi connectivity index (χ0v) is 16.3. The van der Waals surface area contributed by atoms with E-state index in [0.29, 0.717) is 36.6 Å². The van der Waals surface area contributed by atoms with Crippen LogP contribution in [0.5, 0.6) is 5.88 Å². The van der Waals surface area contributed by atoms with Crippen molar-refractivity contribution in [3.8, 4) is 5.88 Å². The van der Waals surface area contributed by atoms with Crippen molar-refractivity contribution in [1.29, 1.82) is 0 Å². The molecule has 2 atom stereocenters. The van der Waals surface area contributed by atoms with Crippen molar-refractivity contribution in [1.82, 2.24) is 24.5 Å². The molecule has 1 fully saturated rings. The molecule has 1 N–H and O–H groups in total. The summed E-state index contributed by atoms with van der Waals surface area (Å²) < 4.78 is 8.91. The van der Waals surface area contributed by atoms with Gasteiger partial charge in [-0.05, 0) is 25.0 Å². The van der Waals surface area contributed by atoms with E-state index in [-0.39, 0.29) is 5.56 Å². The van der Waals surface area contributed by atoms with Crippen LogP contribution in [0.2, 0.25) is 0 Å². The third-order valence-corrected chi connectivity index (χ3v) is 4.96. The summed E-state index contributed by atoms with van der Waals surface area (Å²) in [6.07, 6.45) is 6.64. The van der Waals surface area contributed by atoms with Gasteiger partial charge in [-0.2, -0.15) is 5.10 Å². The van der Waals surface area contributed by atoms with Crippen molar-refractivity contribution in [3.63, 3.8) is 0 Å². The van der Waals surface area contributed by atoms with E-state index < -0.39 is 0 Å². The molecule has 8 heteroatoms. The van der Waals surface area contributed by atoms with E-state index in [1.807, 2.05) is 26.4 Å². The Morgan fingerprint density at radius 1 is 1.29 bits per heavy atom. The number of pyridine rings is 1. The summed E-state index contributed by atoms with van der Waals surface area (Å²) >= 11 is 0. The average Bonchev–Trinajstić information content (AvgIpc) is 3.34. The van der Waals surface area contributed by atoms with Crippen molar-refractivity contribution >= 4 is 5.69 Å². The fourth-order valence-corrected chi connectivity index (χ4v) is 3.22. The van der Waals surface area contributed by atoms with Gasteiger partial charge in [-0.3, -0.25) is 14.5 Å². The Bertz CT molecular complexity index is 1020. The van der Waals surface area contributed by atoms with Gasteiger partial charge >= 0.3 is 0 Å². The molecule has 0 aromatic carbocycles. The Hall–Kier alpha value is -3.16. The molecule has 4 rings (SSSR count). The molecule has 1 aliphatic rings. The van der Waals surface area contributed by atoms with Gasteiger partial charge in [0.2, 0.25) is 5.88 Å². The van der Waals surface area contributed by atoms with Gasteiger partial charge in [0.15, 0.2) is 0 Å². The first-order valence-electron chi connectivity index (χ1n) is 9.34. The normalized spacial score (nSPS) is 18.1. The van der Waals surface area contributed by atoms with E-state index in [2.05, 4.69) is 32.6 Å². The lowest BCUT2D eigenvalue weighted by Gasteiger charge is -2.10. The molecule has 3 aromatic rings. The second-order valence-corrected chi connectivity index (χ2v) is 7.37. The predicted molar refractivity (Wildman–Crippen MR) is 105 cm³/mol. The van der Waals surface area contributed by atoms with Crippen LogP contribution < -0.4 is 15.6 Å². The summed E-state index contributed by atoms with van der Waals surface area (Å²) in [6.45, 7) is 3.11.